The van der Waals surface area contributed by atoms with Gasteiger partial charge in [0.1, 0.15) is 22.7 Å². The number of aromatic hydroxyl groups is 2. The third kappa shape index (κ3) is 8.15. The zero-order chi connectivity index (χ0) is 46.0. The molecule has 0 saturated carbocycles. The van der Waals surface area contributed by atoms with Crippen molar-refractivity contribution in [3.05, 3.63) is 106 Å². The maximum absolute atomic E-state index is 15.3. The van der Waals surface area contributed by atoms with E-state index in [1.54, 1.807) is 77.9 Å². The van der Waals surface area contributed by atoms with Crippen LogP contribution < -0.4 is 22.1 Å². The number of ether oxygens (including phenoxy) is 2. The van der Waals surface area contributed by atoms with Crippen LogP contribution in [0.5, 0.6) is 11.5 Å². The fourth-order valence-corrected chi connectivity index (χ4v) is 8.99. The predicted octanol–water partition coefficient (Wildman–Crippen LogP) is 7.23. The van der Waals surface area contributed by atoms with Crippen LogP contribution in [0, 0.1) is 0 Å². The van der Waals surface area contributed by atoms with Gasteiger partial charge in [0.05, 0.1) is 34.5 Å². The number of ketones is 1. The molecule has 0 bridgehead atoms. The van der Waals surface area contributed by atoms with Gasteiger partial charge in [-0.15, -0.1) is 0 Å². The van der Waals surface area contributed by atoms with E-state index in [4.69, 9.17) is 20.9 Å². The summed E-state index contributed by atoms with van der Waals surface area (Å²) in [6, 6.07) is 18.1. The van der Waals surface area contributed by atoms with Crippen molar-refractivity contribution in [2.45, 2.75) is 103 Å². The Bertz CT molecular complexity index is 2640. The molecule has 64 heavy (non-hydrogen) atoms. The first-order valence-corrected chi connectivity index (χ1v) is 21.5. The number of nitrogens with one attached hydrogen (secondary N) is 2. The molecule has 0 saturated heterocycles. The Balaban J connectivity index is 1.27. The first-order valence-electron chi connectivity index (χ1n) is 21.5. The molecule has 15 nitrogen and oxygen atoms in total. The summed E-state index contributed by atoms with van der Waals surface area (Å²) in [6.45, 7) is 10.7. The number of aliphatic hydroxyl groups excluding tert-OH is 2. The van der Waals surface area contributed by atoms with Crippen LogP contribution in [0.4, 0.5) is 9.59 Å². The number of aromatic nitrogens is 2. The Morgan fingerprint density at radius 1 is 0.641 bits per heavy atom. The smallest absolute Gasteiger partial charge is 0.419 e. The van der Waals surface area contributed by atoms with Crippen molar-refractivity contribution < 1.29 is 44.3 Å². The number of fused-ring (bicyclic) bond motifs is 4. The van der Waals surface area contributed by atoms with Gasteiger partial charge in [0.2, 0.25) is 0 Å². The second kappa shape index (κ2) is 16.8. The van der Waals surface area contributed by atoms with Crippen LogP contribution >= 0.6 is 0 Å². The summed E-state index contributed by atoms with van der Waals surface area (Å²) in [5.74, 6) is -0.390. The number of phenols is 2. The van der Waals surface area contributed by atoms with Crippen LogP contribution in [0.2, 0.25) is 0 Å². The molecule has 6 aromatic rings. The average molecular weight is 873 g/mol. The molecular formula is C49H56N6O9. The summed E-state index contributed by atoms with van der Waals surface area (Å²) in [5.41, 5.74) is 17.5. The number of carbonyl (C=O) groups is 3. The summed E-state index contributed by atoms with van der Waals surface area (Å²) in [7, 11) is 0. The Hall–Kier alpha value is -6.07. The third-order valence-corrected chi connectivity index (χ3v) is 11.9. The van der Waals surface area contributed by atoms with Crippen molar-refractivity contribution in [2.75, 3.05) is 13.2 Å². The number of Topliss-reactive ketones (excluding diaryl/α,β-unsaturated/α-hetero) is 1. The minimum absolute atomic E-state index is 0.0307. The third-order valence-electron chi connectivity index (χ3n) is 11.9. The molecule has 4 aromatic carbocycles. The largest absolute Gasteiger partial charge is 0.508 e. The molecular weight excluding hydrogens is 817 g/mol. The second-order valence-electron chi connectivity index (χ2n) is 18.6. The lowest BCUT2D eigenvalue weighted by atomic mass is 9.87. The van der Waals surface area contributed by atoms with Crippen LogP contribution in [-0.2, 0) is 27.4 Å². The number of carbonyl (C=O) groups excluding carboxylic acids is 3. The highest BCUT2D eigenvalue weighted by Gasteiger charge is 2.42. The molecule has 8 rings (SSSR count). The van der Waals surface area contributed by atoms with Gasteiger partial charge in [-0.2, -0.15) is 0 Å². The highest BCUT2D eigenvalue weighted by molar-refractivity contribution is 6.02. The summed E-state index contributed by atoms with van der Waals surface area (Å²) >= 11 is 0. The monoisotopic (exact) mass is 872 g/mol. The van der Waals surface area contributed by atoms with E-state index >= 15 is 4.79 Å². The van der Waals surface area contributed by atoms with Gasteiger partial charge in [0, 0.05) is 71.4 Å². The van der Waals surface area contributed by atoms with Crippen LogP contribution in [0.15, 0.2) is 72.8 Å². The summed E-state index contributed by atoms with van der Waals surface area (Å²) in [6.07, 6.45) is -0.604. The van der Waals surface area contributed by atoms with E-state index in [-0.39, 0.29) is 43.6 Å². The van der Waals surface area contributed by atoms with Gasteiger partial charge < -0.3 is 41.4 Å². The number of nitrogens with zero attached hydrogens (tertiary/aromatic N) is 2. The predicted molar refractivity (Wildman–Crippen MR) is 243 cm³/mol. The van der Waals surface area contributed by atoms with Crippen LogP contribution in [-0.4, -0.2) is 71.9 Å². The minimum Gasteiger partial charge on any atom is -0.508 e. The summed E-state index contributed by atoms with van der Waals surface area (Å²) in [4.78, 5) is 43.6. The molecule has 2 aliphatic rings. The van der Waals surface area contributed by atoms with Gasteiger partial charge >= 0.3 is 12.2 Å². The van der Waals surface area contributed by atoms with Crippen molar-refractivity contribution in [3.8, 4) is 34.0 Å². The lowest BCUT2D eigenvalue weighted by molar-refractivity contribution is -0.123. The van der Waals surface area contributed by atoms with E-state index in [9.17, 15) is 30.0 Å². The van der Waals surface area contributed by atoms with E-state index in [1.165, 1.54) is 9.13 Å². The summed E-state index contributed by atoms with van der Waals surface area (Å²) < 4.78 is 14.8. The summed E-state index contributed by atoms with van der Waals surface area (Å²) in [5, 5.41) is 49.8. The lowest BCUT2D eigenvalue weighted by Crippen LogP contribution is -2.32. The van der Waals surface area contributed by atoms with E-state index in [0.717, 1.165) is 11.1 Å². The lowest BCUT2D eigenvalue weighted by Gasteiger charge is -2.24. The molecule has 4 atom stereocenters. The van der Waals surface area contributed by atoms with Gasteiger partial charge in [0.15, 0.2) is 5.78 Å². The molecule has 2 aliphatic heterocycles. The average Bonchev–Trinajstić information content (AvgIpc) is 4.03. The molecule has 0 amide bonds. The number of phenolic OH excluding ortho intramolecular Hbond substituents is 2. The van der Waals surface area contributed by atoms with Crippen molar-refractivity contribution in [3.63, 3.8) is 0 Å². The van der Waals surface area contributed by atoms with Crippen LogP contribution in [0.1, 0.15) is 112 Å². The molecule has 15 heteroatoms. The molecule has 0 spiro atoms. The highest BCUT2D eigenvalue weighted by Crippen LogP contribution is 2.47. The SMILES string of the molecule is CC(C)(C)OC(=O)n1c(-c2ccc(O)c3c2C(C(=O)C2NCc4c(O)ccc(-c5cc6cc(C(N)CCO)ccc6n5C(=O)OC(C)(C)C)c42)NC3)cc2cc(C(N)CCO)ccc21. The van der Waals surface area contributed by atoms with E-state index in [1.807, 2.05) is 36.4 Å². The van der Waals surface area contributed by atoms with Gasteiger partial charge in [-0.3, -0.25) is 15.4 Å². The van der Waals surface area contributed by atoms with Crippen molar-refractivity contribution >= 4 is 39.8 Å². The molecule has 336 valence electrons. The molecule has 0 fully saturated rings. The Kier molecular flexibility index (Phi) is 11.7. The molecule has 0 aliphatic carbocycles. The van der Waals surface area contributed by atoms with Crippen LogP contribution in [0.3, 0.4) is 0 Å². The fourth-order valence-electron chi connectivity index (χ4n) is 8.99. The number of hydrogen-bond acceptors (Lipinski definition) is 13. The van der Waals surface area contributed by atoms with E-state index in [2.05, 4.69) is 10.6 Å². The second-order valence-corrected chi connectivity index (χ2v) is 18.6. The highest BCUT2D eigenvalue weighted by atomic mass is 16.6. The van der Waals surface area contributed by atoms with Gasteiger partial charge in [-0.1, -0.05) is 12.1 Å². The standard InChI is InChI=1S/C49H56N6O9/c1-48(2,3)63-46(61)54-35-11-7-25(33(50)15-17-56)19-27(35)21-37(54)29-9-13-39(58)31-23-52-43(41(29)31)45(60)44-42-30(10-14-40(59)32(42)24-53-44)38-22-28-20-26(34(51)16-18-57)8-12-36(28)55(38)47(62)64-49(4,5)6/h7-14,19-22,33-34,43-44,52-53,56-59H,15-18,23-24,50-51H2,1-6H3. The quantitative estimate of drug-likeness (QED) is 0.0679. The van der Waals surface area contributed by atoms with Crippen molar-refractivity contribution in [2.24, 2.45) is 11.5 Å². The van der Waals surface area contributed by atoms with Crippen molar-refractivity contribution in [1.82, 2.24) is 19.8 Å². The number of rotatable bonds is 10. The van der Waals surface area contributed by atoms with Crippen molar-refractivity contribution in [1.29, 1.82) is 0 Å². The Morgan fingerprint density at radius 2 is 1.03 bits per heavy atom. The first-order chi connectivity index (χ1) is 30.3. The molecule has 10 N–H and O–H groups in total. The molecule has 4 heterocycles. The Labute approximate surface area is 370 Å². The number of aliphatic hydroxyl groups is 2. The first kappa shape index (κ1) is 44.5. The van der Waals surface area contributed by atoms with E-state index in [0.29, 0.717) is 79.4 Å². The number of hydrogen-bond donors (Lipinski definition) is 8. The molecule has 4 unspecified atom stereocenters. The molecule has 2 aromatic heterocycles. The number of nitrogens with two attached hydrogens (primary N) is 2. The minimum atomic E-state index is -1.01. The normalized spacial score (nSPS) is 17.1. The topological polar surface area (TPSA) is 237 Å². The molecule has 0 radical (unpaired) electrons. The zero-order valence-electron chi connectivity index (χ0n) is 36.9. The zero-order valence-corrected chi connectivity index (χ0v) is 36.9. The van der Waals surface area contributed by atoms with E-state index < -0.39 is 47.6 Å². The van der Waals surface area contributed by atoms with Crippen LogP contribution in [0.25, 0.3) is 44.3 Å². The Morgan fingerprint density at radius 3 is 1.39 bits per heavy atom. The maximum atomic E-state index is 15.3. The van der Waals surface area contributed by atoms with Gasteiger partial charge in [-0.25, -0.2) is 18.7 Å². The number of benzene rings is 4. The van der Waals surface area contributed by atoms with Gasteiger partial charge in [-0.05, 0) is 137 Å². The fraction of sp³-hybridized carbons (Fsp3) is 0.367. The van der Waals surface area contributed by atoms with Gasteiger partial charge in [0.25, 0.3) is 0 Å². The maximum Gasteiger partial charge on any atom is 0.419 e.